The van der Waals surface area contributed by atoms with Crippen LogP contribution < -0.4 is 10.2 Å². The molecule has 4 rings (SSSR count). The summed E-state index contributed by atoms with van der Waals surface area (Å²) in [4.78, 5) is 26.5. The van der Waals surface area contributed by atoms with Crippen LogP contribution in [0.25, 0.3) is 0 Å². The lowest BCUT2D eigenvalue weighted by atomic mass is 10.1. The standard InChI is InChI=1S/C19H15IN4O2S/c20-14-6-4-5-12(9-14)17(26)21-19-23-22-18(27-19)13-10-16(25)24(11-13)15-7-2-1-3-8-15/h1-9,13H,10-11H2,(H,21,23,26). The molecule has 1 aliphatic heterocycles. The molecule has 0 saturated carbocycles. The molecule has 0 spiro atoms. The molecular formula is C19H15IN4O2S. The average Bonchev–Trinajstić information content (AvgIpc) is 3.29. The summed E-state index contributed by atoms with van der Waals surface area (Å²) in [5.74, 6) is -0.158. The predicted octanol–water partition coefficient (Wildman–Crippen LogP) is 3.92. The van der Waals surface area contributed by atoms with E-state index in [-0.39, 0.29) is 17.7 Å². The Morgan fingerprint density at radius 2 is 1.96 bits per heavy atom. The Kier molecular flexibility index (Phi) is 5.17. The zero-order valence-electron chi connectivity index (χ0n) is 14.1. The molecule has 6 nitrogen and oxygen atoms in total. The summed E-state index contributed by atoms with van der Waals surface area (Å²) in [6, 6.07) is 16.9. The molecular weight excluding hydrogens is 475 g/mol. The minimum atomic E-state index is -0.218. The third-order valence-electron chi connectivity index (χ3n) is 4.29. The van der Waals surface area contributed by atoms with E-state index in [0.29, 0.717) is 23.7 Å². The molecule has 0 aliphatic carbocycles. The molecule has 2 aromatic carbocycles. The lowest BCUT2D eigenvalue weighted by Gasteiger charge is -2.15. The van der Waals surface area contributed by atoms with Gasteiger partial charge in [0.25, 0.3) is 5.91 Å². The van der Waals surface area contributed by atoms with Gasteiger partial charge in [0, 0.05) is 33.7 Å². The van der Waals surface area contributed by atoms with Crippen LogP contribution in [0.5, 0.6) is 0 Å². The quantitative estimate of drug-likeness (QED) is 0.563. The van der Waals surface area contributed by atoms with Crippen molar-refractivity contribution in [1.29, 1.82) is 0 Å². The minimum absolute atomic E-state index is 0.0152. The highest BCUT2D eigenvalue weighted by atomic mass is 127. The molecule has 1 fully saturated rings. The van der Waals surface area contributed by atoms with Crippen LogP contribution in [-0.2, 0) is 4.79 Å². The average molecular weight is 490 g/mol. The SMILES string of the molecule is O=C(Nc1nnc(C2CC(=O)N(c3ccccc3)C2)s1)c1cccc(I)c1. The molecule has 0 bridgehead atoms. The highest BCUT2D eigenvalue weighted by Gasteiger charge is 2.33. The van der Waals surface area contributed by atoms with Crippen LogP contribution in [0.15, 0.2) is 54.6 Å². The minimum Gasteiger partial charge on any atom is -0.312 e. The van der Waals surface area contributed by atoms with E-state index < -0.39 is 0 Å². The summed E-state index contributed by atoms with van der Waals surface area (Å²) < 4.78 is 0.990. The molecule has 2 amide bonds. The molecule has 27 heavy (non-hydrogen) atoms. The van der Waals surface area contributed by atoms with Crippen molar-refractivity contribution in [1.82, 2.24) is 10.2 Å². The van der Waals surface area contributed by atoms with Gasteiger partial charge in [-0.15, -0.1) is 10.2 Å². The number of aromatic nitrogens is 2. The zero-order valence-corrected chi connectivity index (χ0v) is 17.1. The van der Waals surface area contributed by atoms with Gasteiger partial charge in [0.05, 0.1) is 0 Å². The first-order valence-corrected chi connectivity index (χ1v) is 10.3. The molecule has 1 N–H and O–H groups in total. The van der Waals surface area contributed by atoms with Crippen LogP contribution >= 0.6 is 33.9 Å². The Hall–Kier alpha value is -2.33. The number of hydrogen-bond donors (Lipinski definition) is 1. The number of benzene rings is 2. The smallest absolute Gasteiger partial charge is 0.257 e. The fourth-order valence-electron chi connectivity index (χ4n) is 2.98. The van der Waals surface area contributed by atoms with E-state index in [2.05, 4.69) is 38.1 Å². The first kappa shape index (κ1) is 18.1. The summed E-state index contributed by atoms with van der Waals surface area (Å²) in [7, 11) is 0. The summed E-state index contributed by atoms with van der Waals surface area (Å²) in [5.41, 5.74) is 1.46. The number of halogens is 1. The van der Waals surface area contributed by atoms with Gasteiger partial charge < -0.3 is 4.90 Å². The van der Waals surface area contributed by atoms with Gasteiger partial charge in [0.2, 0.25) is 11.0 Å². The van der Waals surface area contributed by atoms with Crippen molar-refractivity contribution in [3.63, 3.8) is 0 Å². The number of nitrogens with one attached hydrogen (secondary N) is 1. The Morgan fingerprint density at radius 1 is 1.15 bits per heavy atom. The van der Waals surface area contributed by atoms with Gasteiger partial charge in [0.15, 0.2) is 0 Å². The number of para-hydroxylation sites is 1. The van der Waals surface area contributed by atoms with E-state index in [1.807, 2.05) is 48.5 Å². The Morgan fingerprint density at radius 3 is 2.74 bits per heavy atom. The number of carbonyl (C=O) groups excluding carboxylic acids is 2. The van der Waals surface area contributed by atoms with Gasteiger partial charge in [-0.3, -0.25) is 14.9 Å². The fourth-order valence-corrected chi connectivity index (χ4v) is 4.35. The van der Waals surface area contributed by atoms with Crippen molar-refractivity contribution in [2.24, 2.45) is 0 Å². The summed E-state index contributed by atoms with van der Waals surface area (Å²) in [5, 5.41) is 12.3. The predicted molar refractivity (Wildman–Crippen MR) is 113 cm³/mol. The van der Waals surface area contributed by atoms with Crippen LogP contribution in [0, 0.1) is 3.57 Å². The Bertz CT molecular complexity index is 992. The maximum Gasteiger partial charge on any atom is 0.257 e. The Labute approximate surface area is 173 Å². The van der Waals surface area contributed by atoms with E-state index in [0.717, 1.165) is 14.3 Å². The van der Waals surface area contributed by atoms with E-state index in [1.165, 1.54) is 11.3 Å². The number of carbonyl (C=O) groups is 2. The molecule has 1 atom stereocenters. The number of anilines is 2. The lowest BCUT2D eigenvalue weighted by Crippen LogP contribution is -2.24. The normalized spacial score (nSPS) is 16.6. The first-order chi connectivity index (χ1) is 13.1. The van der Waals surface area contributed by atoms with Gasteiger partial charge >= 0.3 is 0 Å². The van der Waals surface area contributed by atoms with Crippen molar-refractivity contribution in [3.8, 4) is 0 Å². The molecule has 2 heterocycles. The second kappa shape index (κ2) is 7.73. The maximum atomic E-state index is 12.4. The highest BCUT2D eigenvalue weighted by molar-refractivity contribution is 14.1. The number of nitrogens with zero attached hydrogens (tertiary/aromatic N) is 3. The van der Waals surface area contributed by atoms with Crippen molar-refractivity contribution in [3.05, 3.63) is 68.7 Å². The van der Waals surface area contributed by atoms with Crippen LogP contribution in [0.4, 0.5) is 10.8 Å². The van der Waals surface area contributed by atoms with Crippen molar-refractivity contribution in [2.45, 2.75) is 12.3 Å². The highest BCUT2D eigenvalue weighted by Crippen LogP contribution is 2.34. The van der Waals surface area contributed by atoms with Crippen molar-refractivity contribution < 1.29 is 9.59 Å². The second-order valence-electron chi connectivity index (χ2n) is 6.15. The largest absolute Gasteiger partial charge is 0.312 e. The van der Waals surface area contributed by atoms with Crippen molar-refractivity contribution in [2.75, 3.05) is 16.8 Å². The van der Waals surface area contributed by atoms with E-state index in [4.69, 9.17) is 0 Å². The van der Waals surface area contributed by atoms with Crippen molar-refractivity contribution >= 4 is 56.6 Å². The molecule has 1 unspecified atom stereocenters. The molecule has 1 saturated heterocycles. The van der Waals surface area contributed by atoms with Gasteiger partial charge in [0.1, 0.15) is 5.01 Å². The molecule has 1 aromatic heterocycles. The van der Waals surface area contributed by atoms with Gasteiger partial charge in [-0.1, -0.05) is 35.6 Å². The van der Waals surface area contributed by atoms with Gasteiger partial charge in [-0.05, 0) is 52.9 Å². The van der Waals surface area contributed by atoms with Crippen LogP contribution in [-0.4, -0.2) is 28.6 Å². The summed E-state index contributed by atoms with van der Waals surface area (Å²) >= 11 is 3.49. The Balaban J connectivity index is 1.45. The molecule has 0 radical (unpaired) electrons. The van der Waals surface area contributed by atoms with E-state index in [9.17, 15) is 9.59 Å². The van der Waals surface area contributed by atoms with Gasteiger partial charge in [-0.25, -0.2) is 0 Å². The van der Waals surface area contributed by atoms with E-state index in [1.54, 1.807) is 11.0 Å². The maximum absolute atomic E-state index is 12.4. The molecule has 3 aromatic rings. The van der Waals surface area contributed by atoms with E-state index >= 15 is 0 Å². The van der Waals surface area contributed by atoms with Crippen LogP contribution in [0.1, 0.15) is 27.7 Å². The molecule has 136 valence electrons. The molecule has 1 aliphatic rings. The zero-order chi connectivity index (χ0) is 18.8. The van der Waals surface area contributed by atoms with Crippen LogP contribution in [0.2, 0.25) is 0 Å². The number of hydrogen-bond acceptors (Lipinski definition) is 5. The first-order valence-electron chi connectivity index (χ1n) is 8.36. The monoisotopic (exact) mass is 490 g/mol. The summed E-state index contributed by atoms with van der Waals surface area (Å²) in [6.45, 7) is 0.572. The third-order valence-corrected chi connectivity index (χ3v) is 5.96. The number of rotatable bonds is 4. The third kappa shape index (κ3) is 4.01. The second-order valence-corrected chi connectivity index (χ2v) is 8.41. The topological polar surface area (TPSA) is 75.2 Å². The van der Waals surface area contributed by atoms with Gasteiger partial charge in [-0.2, -0.15) is 0 Å². The molecule has 8 heteroatoms. The number of amides is 2. The lowest BCUT2D eigenvalue weighted by molar-refractivity contribution is -0.117. The van der Waals surface area contributed by atoms with Crippen LogP contribution in [0.3, 0.4) is 0 Å². The summed E-state index contributed by atoms with van der Waals surface area (Å²) in [6.07, 6.45) is 0.397. The fraction of sp³-hybridized carbons (Fsp3) is 0.158.